The molecule has 0 N–H and O–H groups in total. The van der Waals surface area contributed by atoms with Crippen molar-refractivity contribution in [2.24, 2.45) is 5.92 Å². The van der Waals surface area contributed by atoms with Gasteiger partial charge in [0.05, 0.1) is 12.2 Å². The largest absolute Gasteiger partial charge is 0.339 e. The maximum absolute atomic E-state index is 12.1. The Morgan fingerprint density at radius 2 is 1.81 bits per heavy atom. The Hall–Kier alpha value is -2.02. The van der Waals surface area contributed by atoms with E-state index in [1.54, 1.807) is 10.7 Å². The Labute approximate surface area is 152 Å². The van der Waals surface area contributed by atoms with E-state index in [-0.39, 0.29) is 5.56 Å². The maximum Gasteiger partial charge on any atom is 0.266 e. The van der Waals surface area contributed by atoms with Crippen LogP contribution in [0.15, 0.2) is 21.5 Å². The lowest BCUT2D eigenvalue weighted by Gasteiger charge is -2.31. The van der Waals surface area contributed by atoms with E-state index >= 15 is 0 Å². The van der Waals surface area contributed by atoms with Crippen molar-refractivity contribution in [2.75, 3.05) is 13.1 Å². The zero-order valence-corrected chi connectivity index (χ0v) is 15.0. The van der Waals surface area contributed by atoms with Gasteiger partial charge in [0, 0.05) is 24.4 Å². The van der Waals surface area contributed by atoms with Gasteiger partial charge in [-0.2, -0.15) is 10.1 Å². The van der Waals surface area contributed by atoms with E-state index in [0.717, 1.165) is 56.4 Å². The number of aromatic nitrogens is 4. The lowest BCUT2D eigenvalue weighted by Crippen LogP contribution is -2.36. The van der Waals surface area contributed by atoms with Gasteiger partial charge in [0.2, 0.25) is 5.89 Å². The molecule has 2 aromatic rings. The van der Waals surface area contributed by atoms with E-state index in [2.05, 4.69) is 20.1 Å². The van der Waals surface area contributed by atoms with Gasteiger partial charge in [-0.05, 0) is 63.6 Å². The molecule has 0 bridgehead atoms. The highest BCUT2D eigenvalue weighted by molar-refractivity contribution is 5.12. The lowest BCUT2D eigenvalue weighted by molar-refractivity contribution is 0.159. The first-order valence-electron chi connectivity index (χ1n) is 9.87. The first-order chi connectivity index (χ1) is 12.7. The minimum atomic E-state index is 0.0243. The van der Waals surface area contributed by atoms with Gasteiger partial charge in [0.15, 0.2) is 5.82 Å². The van der Waals surface area contributed by atoms with Crippen LogP contribution in [0.4, 0.5) is 0 Å². The summed E-state index contributed by atoms with van der Waals surface area (Å²) in [7, 11) is 0. The monoisotopic (exact) mass is 355 g/mol. The van der Waals surface area contributed by atoms with Crippen LogP contribution in [0.2, 0.25) is 0 Å². The van der Waals surface area contributed by atoms with Gasteiger partial charge < -0.3 is 4.52 Å². The summed E-state index contributed by atoms with van der Waals surface area (Å²) in [5.74, 6) is 3.23. The number of rotatable bonds is 6. The average Bonchev–Trinajstić information content (AvgIpc) is 3.57. The van der Waals surface area contributed by atoms with Crippen molar-refractivity contribution in [3.8, 4) is 0 Å². The molecule has 0 amide bonds. The van der Waals surface area contributed by atoms with E-state index in [9.17, 15) is 4.79 Å². The summed E-state index contributed by atoms with van der Waals surface area (Å²) in [6, 6.07) is 3.59. The summed E-state index contributed by atoms with van der Waals surface area (Å²) < 4.78 is 7.03. The van der Waals surface area contributed by atoms with Gasteiger partial charge in [-0.25, -0.2) is 4.68 Å². The second-order valence-corrected chi connectivity index (χ2v) is 8.10. The van der Waals surface area contributed by atoms with E-state index in [0.29, 0.717) is 17.8 Å². The summed E-state index contributed by atoms with van der Waals surface area (Å²) in [5, 5.41) is 8.72. The number of hydrogen-bond acceptors (Lipinski definition) is 6. The molecule has 1 aliphatic heterocycles. The summed E-state index contributed by atoms with van der Waals surface area (Å²) in [5.41, 5.74) is 1.11. The first kappa shape index (κ1) is 16.2. The van der Waals surface area contributed by atoms with Crippen molar-refractivity contribution in [1.82, 2.24) is 24.8 Å². The van der Waals surface area contributed by atoms with Crippen LogP contribution in [0.3, 0.4) is 0 Å². The fraction of sp³-hybridized carbons (Fsp3) is 0.684. The number of piperidine rings is 1. The molecule has 5 rings (SSSR count). The molecule has 3 aliphatic rings. The summed E-state index contributed by atoms with van der Waals surface area (Å²) in [6.45, 7) is 3.52. The molecule has 26 heavy (non-hydrogen) atoms. The first-order valence-corrected chi connectivity index (χ1v) is 9.87. The van der Waals surface area contributed by atoms with Crippen molar-refractivity contribution in [3.05, 3.63) is 39.9 Å². The molecule has 7 nitrogen and oxygen atoms in total. The van der Waals surface area contributed by atoms with Crippen LogP contribution in [0, 0.1) is 5.92 Å². The van der Waals surface area contributed by atoms with Gasteiger partial charge in [-0.1, -0.05) is 5.16 Å². The molecule has 0 radical (unpaired) electrons. The molecular weight excluding hydrogens is 330 g/mol. The fourth-order valence-electron chi connectivity index (χ4n) is 3.79. The van der Waals surface area contributed by atoms with Crippen LogP contribution in [0.5, 0.6) is 0 Å². The van der Waals surface area contributed by atoms with Crippen molar-refractivity contribution >= 4 is 0 Å². The lowest BCUT2D eigenvalue weighted by atomic mass is 9.97. The van der Waals surface area contributed by atoms with Gasteiger partial charge in [0.25, 0.3) is 5.56 Å². The third-order valence-electron chi connectivity index (χ3n) is 5.80. The van der Waals surface area contributed by atoms with Gasteiger partial charge in [-0.15, -0.1) is 0 Å². The third-order valence-corrected chi connectivity index (χ3v) is 5.80. The second-order valence-electron chi connectivity index (χ2n) is 8.10. The van der Waals surface area contributed by atoms with Crippen LogP contribution in [0.1, 0.15) is 67.8 Å². The predicted octanol–water partition coefficient (Wildman–Crippen LogP) is 2.29. The minimum absolute atomic E-state index is 0.0243. The number of likely N-dealkylation sites (tertiary alicyclic amines) is 1. The van der Waals surface area contributed by atoms with E-state index in [1.807, 2.05) is 6.07 Å². The summed E-state index contributed by atoms with van der Waals surface area (Å²) >= 11 is 0. The van der Waals surface area contributed by atoms with Gasteiger partial charge in [0.1, 0.15) is 0 Å². The van der Waals surface area contributed by atoms with Crippen LogP contribution in [-0.2, 0) is 13.1 Å². The van der Waals surface area contributed by atoms with Crippen molar-refractivity contribution in [3.63, 3.8) is 0 Å². The van der Waals surface area contributed by atoms with Crippen molar-refractivity contribution in [2.45, 2.75) is 63.5 Å². The molecule has 2 aromatic heterocycles. The Bertz CT molecular complexity index is 828. The minimum Gasteiger partial charge on any atom is -0.339 e. The molecule has 7 heteroatoms. The van der Waals surface area contributed by atoms with Gasteiger partial charge >= 0.3 is 0 Å². The van der Waals surface area contributed by atoms with Crippen LogP contribution < -0.4 is 5.56 Å². The normalized spacial score (nSPS) is 22.0. The zero-order chi connectivity index (χ0) is 17.5. The summed E-state index contributed by atoms with van der Waals surface area (Å²) in [6.07, 6.45) is 6.94. The van der Waals surface area contributed by atoms with E-state index in [4.69, 9.17) is 4.52 Å². The zero-order valence-electron chi connectivity index (χ0n) is 15.0. The Kier molecular flexibility index (Phi) is 4.11. The number of hydrogen-bond donors (Lipinski definition) is 0. The Morgan fingerprint density at radius 3 is 2.54 bits per heavy atom. The molecule has 0 aromatic carbocycles. The van der Waals surface area contributed by atoms with E-state index in [1.165, 1.54) is 25.7 Å². The predicted molar refractivity (Wildman–Crippen MR) is 94.7 cm³/mol. The molecule has 0 unspecified atom stereocenters. The maximum atomic E-state index is 12.1. The quantitative estimate of drug-likeness (QED) is 0.791. The molecule has 1 saturated heterocycles. The standard InChI is InChI=1S/C19H25N5O2/c25-18-6-5-16(14-1-2-14)21-24(18)11-13-7-9-23(10-8-13)12-17-20-19(26-22-17)15-3-4-15/h5-6,13-15H,1-4,7-12H2. The molecule has 3 fully saturated rings. The van der Waals surface area contributed by atoms with Gasteiger partial charge in [-0.3, -0.25) is 9.69 Å². The third kappa shape index (κ3) is 3.58. The number of nitrogens with zero attached hydrogens (tertiary/aromatic N) is 5. The Morgan fingerprint density at radius 1 is 1.04 bits per heavy atom. The van der Waals surface area contributed by atoms with Crippen LogP contribution in [0.25, 0.3) is 0 Å². The highest BCUT2D eigenvalue weighted by atomic mass is 16.5. The molecule has 138 valence electrons. The smallest absolute Gasteiger partial charge is 0.266 e. The molecule has 2 aliphatic carbocycles. The topological polar surface area (TPSA) is 77.0 Å². The molecular formula is C19H25N5O2. The molecule has 0 spiro atoms. The van der Waals surface area contributed by atoms with Crippen LogP contribution in [-0.4, -0.2) is 37.9 Å². The van der Waals surface area contributed by atoms with Crippen molar-refractivity contribution in [1.29, 1.82) is 0 Å². The van der Waals surface area contributed by atoms with Crippen LogP contribution >= 0.6 is 0 Å². The Balaban J connectivity index is 1.15. The SMILES string of the molecule is O=c1ccc(C2CC2)nn1CC1CCN(Cc2noc(C3CC3)n2)CC1. The highest BCUT2D eigenvalue weighted by Gasteiger charge is 2.30. The fourth-order valence-corrected chi connectivity index (χ4v) is 3.79. The summed E-state index contributed by atoms with van der Waals surface area (Å²) in [4.78, 5) is 19.0. The second kappa shape index (κ2) is 6.61. The molecule has 2 saturated carbocycles. The van der Waals surface area contributed by atoms with Crippen molar-refractivity contribution < 1.29 is 4.52 Å². The van der Waals surface area contributed by atoms with E-state index < -0.39 is 0 Å². The molecule has 3 heterocycles. The average molecular weight is 355 g/mol. The molecule has 0 atom stereocenters. The highest BCUT2D eigenvalue weighted by Crippen LogP contribution is 2.39.